The van der Waals surface area contributed by atoms with Crippen LogP contribution < -0.4 is 14.9 Å². The number of carbonyl (C=O) groups is 1. The van der Waals surface area contributed by atoms with Crippen molar-refractivity contribution in [1.82, 2.24) is 4.57 Å². The second-order valence-electron chi connectivity index (χ2n) is 10.3. The van der Waals surface area contributed by atoms with Gasteiger partial charge < -0.3 is 13.6 Å². The molecule has 0 fully saturated rings. The number of nitro groups is 2. The number of rotatable bonds is 8. The van der Waals surface area contributed by atoms with Crippen LogP contribution in [0.25, 0.3) is 28.7 Å². The zero-order chi connectivity index (χ0) is 32.7. The highest BCUT2D eigenvalue weighted by Crippen LogP contribution is 2.36. The fourth-order valence-corrected chi connectivity index (χ4v) is 6.18. The molecule has 14 heteroatoms. The zero-order valence-electron chi connectivity index (χ0n) is 24.6. The second-order valence-corrected chi connectivity index (χ2v) is 11.3. The van der Waals surface area contributed by atoms with Gasteiger partial charge >= 0.3 is 5.97 Å². The molecular formula is C32H24N4O9S. The summed E-state index contributed by atoms with van der Waals surface area (Å²) < 4.78 is 19.1. The van der Waals surface area contributed by atoms with Crippen LogP contribution in [0.15, 0.2) is 96.6 Å². The Morgan fingerprint density at radius 2 is 1.67 bits per heavy atom. The van der Waals surface area contributed by atoms with Gasteiger partial charge in [0.1, 0.15) is 29.1 Å². The molecule has 0 saturated heterocycles. The lowest BCUT2D eigenvalue weighted by Gasteiger charge is -2.22. The van der Waals surface area contributed by atoms with Gasteiger partial charge in [-0.15, -0.1) is 0 Å². The molecule has 0 unspecified atom stereocenters. The molecule has 2 aromatic carbocycles. The van der Waals surface area contributed by atoms with Gasteiger partial charge in [-0.1, -0.05) is 17.4 Å². The van der Waals surface area contributed by atoms with E-state index in [-0.39, 0.29) is 33.8 Å². The number of allylic oxidation sites excluding steroid dienone is 1. The second kappa shape index (κ2) is 11.9. The Bertz CT molecular complexity index is 2250. The predicted octanol–water partition coefficient (Wildman–Crippen LogP) is 5.44. The number of carbonyl (C=O) groups excluding carboxylic acids is 1. The molecule has 46 heavy (non-hydrogen) atoms. The van der Waals surface area contributed by atoms with Gasteiger partial charge in [0.15, 0.2) is 4.80 Å². The van der Waals surface area contributed by atoms with Crippen LogP contribution in [0, 0.1) is 27.2 Å². The minimum Gasteiger partial charge on any atom is -0.463 e. The molecule has 0 N–H and O–H groups in total. The number of hydrogen-bond donors (Lipinski definition) is 0. The Morgan fingerprint density at radius 3 is 2.37 bits per heavy atom. The summed E-state index contributed by atoms with van der Waals surface area (Å²) in [6.45, 7) is 5.20. The number of hydrogen-bond acceptors (Lipinski definition) is 11. The highest BCUT2D eigenvalue weighted by Gasteiger charge is 2.35. The largest absolute Gasteiger partial charge is 0.463 e. The smallest absolute Gasteiger partial charge is 0.338 e. The van der Waals surface area contributed by atoms with Crippen molar-refractivity contribution < 1.29 is 28.2 Å². The highest BCUT2D eigenvalue weighted by atomic mass is 32.1. The van der Waals surface area contributed by atoms with Crippen molar-refractivity contribution in [2.24, 2.45) is 4.99 Å². The van der Waals surface area contributed by atoms with Gasteiger partial charge in [-0.2, -0.15) is 0 Å². The number of esters is 1. The van der Waals surface area contributed by atoms with Crippen LogP contribution in [0.4, 0.5) is 11.4 Å². The van der Waals surface area contributed by atoms with Crippen LogP contribution in [0.3, 0.4) is 0 Å². The third-order valence-corrected chi connectivity index (χ3v) is 8.36. The van der Waals surface area contributed by atoms with Crippen molar-refractivity contribution in [2.45, 2.75) is 26.8 Å². The number of ether oxygens (including phenoxy) is 1. The van der Waals surface area contributed by atoms with Crippen molar-refractivity contribution in [1.29, 1.82) is 0 Å². The normalized spacial score (nSPS) is 14.6. The first-order valence-electron chi connectivity index (χ1n) is 13.9. The minimum absolute atomic E-state index is 0.0485. The molecule has 0 radical (unpaired) electrons. The summed E-state index contributed by atoms with van der Waals surface area (Å²) in [7, 11) is 0. The third kappa shape index (κ3) is 5.45. The van der Waals surface area contributed by atoms with Gasteiger partial charge in [-0.3, -0.25) is 29.6 Å². The molecule has 5 aromatic rings. The molecular weight excluding hydrogens is 616 g/mol. The van der Waals surface area contributed by atoms with E-state index in [9.17, 15) is 29.8 Å². The predicted molar refractivity (Wildman–Crippen MR) is 167 cm³/mol. The van der Waals surface area contributed by atoms with E-state index in [1.165, 1.54) is 28.8 Å². The molecule has 0 aliphatic carbocycles. The Labute approximate surface area is 263 Å². The third-order valence-electron chi connectivity index (χ3n) is 7.37. The standard InChI is InChI=1S/C32H24N4O9S/c1-4-43-31(38)28-18(3)33-32-34(29(28)26-14-13-25(45-26)23-15-21(36(41)42)8-5-17(23)2)30(37)27(46-32)16-22-11-12-24(44-22)19-6-9-20(10-7-19)35(39)40/h5-16,29H,4H2,1-3H3/b27-16-/t29-/m0/s1. The topological polar surface area (TPSA) is 173 Å². The van der Waals surface area contributed by atoms with Crippen molar-refractivity contribution in [3.8, 4) is 22.6 Å². The summed E-state index contributed by atoms with van der Waals surface area (Å²) >= 11 is 1.10. The van der Waals surface area contributed by atoms with E-state index < -0.39 is 27.4 Å². The quantitative estimate of drug-likeness (QED) is 0.121. The first kappa shape index (κ1) is 30.1. The molecule has 6 rings (SSSR count). The number of fused-ring (bicyclic) bond motifs is 1. The summed E-state index contributed by atoms with van der Waals surface area (Å²) in [6, 6.07) is 15.9. The summed E-state index contributed by atoms with van der Waals surface area (Å²) in [5, 5.41) is 22.4. The van der Waals surface area contributed by atoms with Gasteiger partial charge in [0.25, 0.3) is 16.9 Å². The zero-order valence-corrected chi connectivity index (χ0v) is 25.4. The SMILES string of the molecule is CCOC(=O)C1=C(C)N=c2s/c(=C\c3ccc(-c4ccc([N+](=O)[O-])cc4)o3)c(=O)n2[C@H]1c1ccc(-c2cc([N+](=O)[O-])ccc2C)o1. The lowest BCUT2D eigenvalue weighted by atomic mass is 10.0. The maximum Gasteiger partial charge on any atom is 0.338 e. The highest BCUT2D eigenvalue weighted by molar-refractivity contribution is 7.07. The van der Waals surface area contributed by atoms with E-state index >= 15 is 0 Å². The fraction of sp³-hybridized carbons (Fsp3) is 0.156. The van der Waals surface area contributed by atoms with E-state index in [0.717, 1.165) is 16.9 Å². The van der Waals surface area contributed by atoms with Gasteiger partial charge in [-0.05, 0) is 62.7 Å². The number of aryl methyl sites for hydroxylation is 1. The number of aromatic nitrogens is 1. The van der Waals surface area contributed by atoms with Gasteiger partial charge in [0, 0.05) is 41.5 Å². The van der Waals surface area contributed by atoms with E-state index in [4.69, 9.17) is 13.6 Å². The van der Waals surface area contributed by atoms with E-state index in [0.29, 0.717) is 38.9 Å². The number of non-ortho nitro benzene ring substituents is 2. The van der Waals surface area contributed by atoms with Crippen LogP contribution in [-0.4, -0.2) is 27.0 Å². The lowest BCUT2D eigenvalue weighted by Crippen LogP contribution is -2.39. The van der Waals surface area contributed by atoms with Crippen molar-refractivity contribution in [3.05, 3.63) is 135 Å². The molecule has 1 aliphatic rings. The first-order valence-corrected chi connectivity index (χ1v) is 14.8. The number of benzene rings is 2. The molecule has 0 amide bonds. The van der Waals surface area contributed by atoms with Gasteiger partial charge in [0.05, 0.1) is 32.3 Å². The molecule has 3 aromatic heterocycles. The maximum atomic E-state index is 13.9. The van der Waals surface area contributed by atoms with E-state index in [1.54, 1.807) is 69.3 Å². The summed E-state index contributed by atoms with van der Waals surface area (Å²) in [6.07, 6.45) is 1.55. The molecule has 4 heterocycles. The number of nitrogens with zero attached hydrogens (tertiary/aromatic N) is 4. The Morgan fingerprint density at radius 1 is 0.978 bits per heavy atom. The van der Waals surface area contributed by atoms with Crippen LogP contribution in [0.2, 0.25) is 0 Å². The first-order chi connectivity index (χ1) is 22.0. The Kier molecular flexibility index (Phi) is 7.79. The van der Waals surface area contributed by atoms with E-state index in [2.05, 4.69) is 4.99 Å². The fourth-order valence-electron chi connectivity index (χ4n) is 5.16. The van der Waals surface area contributed by atoms with Crippen molar-refractivity contribution in [3.63, 3.8) is 0 Å². The molecule has 1 aliphatic heterocycles. The monoisotopic (exact) mass is 640 g/mol. The summed E-state index contributed by atoms with van der Waals surface area (Å²) in [5.41, 5.74) is 1.70. The van der Waals surface area contributed by atoms with Crippen molar-refractivity contribution in [2.75, 3.05) is 6.61 Å². The molecule has 0 spiro atoms. The molecule has 0 bridgehead atoms. The van der Waals surface area contributed by atoms with Crippen LogP contribution in [-0.2, 0) is 9.53 Å². The molecule has 0 saturated carbocycles. The molecule has 13 nitrogen and oxygen atoms in total. The van der Waals surface area contributed by atoms with Gasteiger partial charge in [-0.25, -0.2) is 9.79 Å². The summed E-state index contributed by atoms with van der Waals surface area (Å²) in [4.78, 5) is 53.5. The Hall–Kier alpha value is -5.89. The van der Waals surface area contributed by atoms with E-state index in [1.807, 2.05) is 0 Å². The average Bonchev–Trinajstić information content (AvgIpc) is 3.77. The number of nitro benzene ring substituents is 2. The van der Waals surface area contributed by atoms with Crippen molar-refractivity contribution >= 4 is 34.8 Å². The Balaban J connectivity index is 1.44. The van der Waals surface area contributed by atoms with Gasteiger partial charge in [0.2, 0.25) is 0 Å². The lowest BCUT2D eigenvalue weighted by molar-refractivity contribution is -0.385. The maximum absolute atomic E-state index is 13.9. The van der Waals surface area contributed by atoms with Crippen LogP contribution >= 0.6 is 11.3 Å². The minimum atomic E-state index is -1.03. The average molecular weight is 641 g/mol. The number of thiazole rings is 1. The molecule has 1 atom stereocenters. The number of furan rings is 2. The molecule has 232 valence electrons. The van der Waals surface area contributed by atoms with Crippen LogP contribution in [0.1, 0.15) is 37.0 Å². The van der Waals surface area contributed by atoms with Crippen LogP contribution in [0.5, 0.6) is 0 Å². The summed E-state index contributed by atoms with van der Waals surface area (Å²) in [5.74, 6) is 0.714.